The first-order valence-electron chi connectivity index (χ1n) is 18.0. The summed E-state index contributed by atoms with van der Waals surface area (Å²) in [4.78, 5) is 23.4. The Kier molecular flexibility index (Phi) is 33.2. The Hall–Kier alpha value is -1.06. The monoisotopic (exact) mass is 567 g/mol. The highest BCUT2D eigenvalue weighted by Crippen LogP contribution is 2.15. The molecule has 0 unspecified atom stereocenters. The molecule has 4 heteroatoms. The van der Waals surface area contributed by atoms with Gasteiger partial charge in [-0.2, -0.15) is 0 Å². The summed E-state index contributed by atoms with van der Waals surface area (Å²) in [7, 11) is 0. The number of carbonyl (C=O) groups excluding carboxylic acids is 2. The van der Waals surface area contributed by atoms with Gasteiger partial charge in [-0.05, 0) is 25.7 Å². The van der Waals surface area contributed by atoms with E-state index in [-0.39, 0.29) is 11.9 Å². The van der Waals surface area contributed by atoms with Crippen LogP contribution in [0.5, 0.6) is 0 Å². The topological polar surface area (TPSA) is 52.6 Å². The van der Waals surface area contributed by atoms with E-state index in [1.165, 1.54) is 154 Å². The molecule has 0 N–H and O–H groups in total. The molecule has 0 aromatic carbocycles. The van der Waals surface area contributed by atoms with Crippen molar-refractivity contribution < 1.29 is 19.1 Å². The Labute approximate surface area is 250 Å². The molecule has 0 bridgehead atoms. The summed E-state index contributed by atoms with van der Waals surface area (Å²) in [6.45, 7) is 5.62. The van der Waals surface area contributed by atoms with E-state index in [1.54, 1.807) is 0 Å². The molecule has 0 saturated heterocycles. The van der Waals surface area contributed by atoms with Crippen LogP contribution in [-0.2, 0) is 19.1 Å². The van der Waals surface area contributed by atoms with Crippen LogP contribution in [0.4, 0.5) is 0 Å². The highest BCUT2D eigenvalue weighted by atomic mass is 16.5. The van der Waals surface area contributed by atoms with E-state index in [2.05, 4.69) is 13.8 Å². The van der Waals surface area contributed by atoms with Gasteiger partial charge in [-0.1, -0.05) is 168 Å². The van der Waals surface area contributed by atoms with Crippen molar-refractivity contribution in [3.05, 3.63) is 0 Å². The van der Waals surface area contributed by atoms with Crippen molar-refractivity contribution in [1.29, 1.82) is 0 Å². The van der Waals surface area contributed by atoms with Crippen molar-refractivity contribution in [2.45, 2.75) is 206 Å². The van der Waals surface area contributed by atoms with Crippen molar-refractivity contribution in [3.63, 3.8) is 0 Å². The molecule has 0 aromatic rings. The Morgan fingerprint density at radius 3 is 0.800 bits per heavy atom. The highest BCUT2D eigenvalue weighted by Gasteiger charge is 2.03. The molecule has 0 spiro atoms. The van der Waals surface area contributed by atoms with Gasteiger partial charge in [0.25, 0.3) is 0 Å². The van der Waals surface area contributed by atoms with Gasteiger partial charge < -0.3 is 9.47 Å². The molecule has 0 fully saturated rings. The number of unbranched alkanes of at least 4 members (excludes halogenated alkanes) is 25. The first-order chi connectivity index (χ1) is 19.7. The van der Waals surface area contributed by atoms with Crippen LogP contribution < -0.4 is 0 Å². The Bertz CT molecular complexity index is 473. The summed E-state index contributed by atoms with van der Waals surface area (Å²) in [5, 5.41) is 0. The van der Waals surface area contributed by atoms with Crippen molar-refractivity contribution in [3.8, 4) is 0 Å². The predicted molar refractivity (Wildman–Crippen MR) is 172 cm³/mol. The SMILES string of the molecule is CCCCCCOC(=O)CCCCCCCCCCCCCCCCCCCCCCC(=O)OCCCCCC. The molecule has 4 nitrogen and oxygen atoms in total. The standard InChI is InChI=1S/C36H70O4/c1-3-5-7-29-33-39-35(37)31-27-25-23-21-19-17-15-13-11-9-10-12-14-16-18-20-22-24-26-28-32-36(38)40-34-30-8-6-4-2/h3-34H2,1-2H3. The summed E-state index contributed by atoms with van der Waals surface area (Å²) in [5.74, 6) is 0.00616. The fraction of sp³-hybridized carbons (Fsp3) is 0.944. The second-order valence-electron chi connectivity index (χ2n) is 12.1. The number of ether oxygens (including phenoxy) is 2. The van der Waals surface area contributed by atoms with Crippen LogP contribution in [0.15, 0.2) is 0 Å². The predicted octanol–water partition coefficient (Wildman–Crippen LogP) is 11.8. The molecule has 40 heavy (non-hydrogen) atoms. The molecule has 0 aliphatic carbocycles. The summed E-state index contributed by atoms with van der Waals surface area (Å²) in [5.41, 5.74) is 0. The van der Waals surface area contributed by atoms with Gasteiger partial charge in [-0.25, -0.2) is 0 Å². The third-order valence-corrected chi connectivity index (χ3v) is 8.03. The molecule has 0 aromatic heterocycles. The van der Waals surface area contributed by atoms with Crippen LogP contribution in [0.25, 0.3) is 0 Å². The van der Waals surface area contributed by atoms with Crippen molar-refractivity contribution in [1.82, 2.24) is 0 Å². The molecule has 0 heterocycles. The minimum Gasteiger partial charge on any atom is -0.466 e. The molecule has 0 aliphatic heterocycles. The van der Waals surface area contributed by atoms with E-state index >= 15 is 0 Å². The van der Waals surface area contributed by atoms with Gasteiger partial charge in [0.1, 0.15) is 0 Å². The van der Waals surface area contributed by atoms with Crippen LogP contribution in [0.3, 0.4) is 0 Å². The fourth-order valence-electron chi connectivity index (χ4n) is 5.29. The van der Waals surface area contributed by atoms with Gasteiger partial charge in [0.15, 0.2) is 0 Å². The summed E-state index contributed by atoms with van der Waals surface area (Å²) in [6.07, 6.45) is 36.7. The molecule has 238 valence electrons. The lowest BCUT2D eigenvalue weighted by Gasteiger charge is -2.05. The number of hydrogen-bond donors (Lipinski definition) is 0. The first kappa shape index (κ1) is 38.9. The van der Waals surface area contributed by atoms with Gasteiger partial charge in [0, 0.05) is 12.8 Å². The molecule has 0 atom stereocenters. The van der Waals surface area contributed by atoms with E-state index in [4.69, 9.17) is 9.47 Å². The smallest absolute Gasteiger partial charge is 0.305 e. The zero-order valence-corrected chi connectivity index (χ0v) is 27.3. The molecule has 0 rings (SSSR count). The van der Waals surface area contributed by atoms with Crippen LogP contribution in [0.1, 0.15) is 206 Å². The highest BCUT2D eigenvalue weighted by molar-refractivity contribution is 5.69. The lowest BCUT2D eigenvalue weighted by atomic mass is 10.0. The molecule has 0 radical (unpaired) electrons. The largest absolute Gasteiger partial charge is 0.466 e. The zero-order chi connectivity index (χ0) is 29.2. The molecule has 0 amide bonds. The molecule has 0 aliphatic rings. The van der Waals surface area contributed by atoms with Crippen LogP contribution >= 0.6 is 0 Å². The van der Waals surface area contributed by atoms with Crippen LogP contribution in [0.2, 0.25) is 0 Å². The summed E-state index contributed by atoms with van der Waals surface area (Å²) < 4.78 is 10.6. The van der Waals surface area contributed by atoms with Crippen molar-refractivity contribution in [2.24, 2.45) is 0 Å². The Morgan fingerprint density at radius 1 is 0.325 bits per heavy atom. The number of hydrogen-bond acceptors (Lipinski definition) is 4. The number of rotatable bonds is 33. The average molecular weight is 567 g/mol. The quantitative estimate of drug-likeness (QED) is 0.0585. The maximum absolute atomic E-state index is 11.7. The van der Waals surface area contributed by atoms with Gasteiger partial charge in [-0.3, -0.25) is 9.59 Å². The first-order valence-corrected chi connectivity index (χ1v) is 18.0. The molecule has 0 saturated carbocycles. The number of carbonyl (C=O) groups is 2. The van der Waals surface area contributed by atoms with Gasteiger partial charge in [-0.15, -0.1) is 0 Å². The van der Waals surface area contributed by atoms with E-state index in [0.717, 1.165) is 25.7 Å². The van der Waals surface area contributed by atoms with Gasteiger partial charge in [0.2, 0.25) is 0 Å². The van der Waals surface area contributed by atoms with Crippen molar-refractivity contribution >= 4 is 11.9 Å². The van der Waals surface area contributed by atoms with Crippen LogP contribution in [-0.4, -0.2) is 25.2 Å². The summed E-state index contributed by atoms with van der Waals surface area (Å²) >= 11 is 0. The van der Waals surface area contributed by atoms with Crippen molar-refractivity contribution in [2.75, 3.05) is 13.2 Å². The normalized spacial score (nSPS) is 11.2. The second-order valence-corrected chi connectivity index (χ2v) is 12.1. The number of esters is 2. The van der Waals surface area contributed by atoms with E-state index in [1.807, 2.05) is 0 Å². The average Bonchev–Trinajstić information content (AvgIpc) is 2.95. The molecular weight excluding hydrogens is 496 g/mol. The third kappa shape index (κ3) is 33.1. The fourth-order valence-corrected chi connectivity index (χ4v) is 5.29. The van der Waals surface area contributed by atoms with Gasteiger partial charge in [0.05, 0.1) is 13.2 Å². The third-order valence-electron chi connectivity index (χ3n) is 8.03. The molecular formula is C36H70O4. The van der Waals surface area contributed by atoms with E-state index in [9.17, 15) is 9.59 Å². The lowest BCUT2D eigenvalue weighted by Crippen LogP contribution is -2.05. The summed E-state index contributed by atoms with van der Waals surface area (Å²) in [6, 6.07) is 0. The Balaban J connectivity index is 3.14. The van der Waals surface area contributed by atoms with E-state index < -0.39 is 0 Å². The maximum atomic E-state index is 11.7. The minimum absolute atomic E-state index is 0.00308. The van der Waals surface area contributed by atoms with Crippen LogP contribution in [0, 0.1) is 0 Å². The maximum Gasteiger partial charge on any atom is 0.305 e. The lowest BCUT2D eigenvalue weighted by molar-refractivity contribution is -0.144. The second kappa shape index (κ2) is 34.1. The Morgan fingerprint density at radius 2 is 0.550 bits per heavy atom. The zero-order valence-electron chi connectivity index (χ0n) is 27.3. The van der Waals surface area contributed by atoms with E-state index in [0.29, 0.717) is 26.1 Å². The van der Waals surface area contributed by atoms with Gasteiger partial charge >= 0.3 is 11.9 Å². The minimum atomic E-state index is 0.00308.